The molecule has 142 valence electrons. The Balaban J connectivity index is 1.33. The smallest absolute Gasteiger partial charge is 0.252 e. The summed E-state index contributed by atoms with van der Waals surface area (Å²) < 4.78 is 1.85. The highest BCUT2D eigenvalue weighted by atomic mass is 16.1. The largest absolute Gasteiger partial charge is 0.361 e. The third kappa shape index (κ3) is 3.25. The minimum absolute atomic E-state index is 0.112. The summed E-state index contributed by atoms with van der Waals surface area (Å²) in [5.41, 5.74) is 4.55. The van der Waals surface area contributed by atoms with Gasteiger partial charge >= 0.3 is 0 Å². The van der Waals surface area contributed by atoms with Crippen molar-refractivity contribution in [3.05, 3.63) is 90.3 Å². The number of para-hydroxylation sites is 1. The molecular formula is C23H19N5O. The van der Waals surface area contributed by atoms with Crippen LogP contribution in [-0.2, 0) is 6.42 Å². The van der Waals surface area contributed by atoms with Gasteiger partial charge in [0.15, 0.2) is 11.5 Å². The third-order valence-electron chi connectivity index (χ3n) is 5.05. The lowest BCUT2D eigenvalue weighted by atomic mass is 10.1. The summed E-state index contributed by atoms with van der Waals surface area (Å²) >= 11 is 0. The van der Waals surface area contributed by atoms with E-state index in [2.05, 4.69) is 32.6 Å². The Hall–Kier alpha value is -3.93. The van der Waals surface area contributed by atoms with E-state index in [1.807, 2.05) is 59.1 Å². The molecule has 2 aromatic carbocycles. The standard InChI is InChI=1S/C23H19N5O/c29-23(24-13-12-17-14-25-20-9-5-4-8-19(17)20)18-10-11-21-26-27-22(28(21)15-18)16-6-2-1-3-7-16/h1-11,14-15,25H,12-13H2,(H,24,29). The molecule has 0 aliphatic rings. The molecule has 6 heteroatoms. The number of aromatic amines is 1. The van der Waals surface area contributed by atoms with Crippen molar-refractivity contribution >= 4 is 22.5 Å². The van der Waals surface area contributed by atoms with E-state index in [1.54, 1.807) is 12.3 Å². The van der Waals surface area contributed by atoms with Crippen molar-refractivity contribution in [2.75, 3.05) is 6.54 Å². The van der Waals surface area contributed by atoms with Crippen LogP contribution in [0.3, 0.4) is 0 Å². The van der Waals surface area contributed by atoms with Crippen LogP contribution < -0.4 is 5.32 Å². The minimum Gasteiger partial charge on any atom is -0.361 e. The highest BCUT2D eigenvalue weighted by molar-refractivity contribution is 5.94. The lowest BCUT2D eigenvalue weighted by molar-refractivity contribution is 0.0953. The highest BCUT2D eigenvalue weighted by Crippen LogP contribution is 2.19. The Morgan fingerprint density at radius 2 is 1.79 bits per heavy atom. The topological polar surface area (TPSA) is 75.1 Å². The molecule has 2 N–H and O–H groups in total. The number of carbonyl (C=O) groups excluding carboxylic acids is 1. The molecule has 3 aromatic heterocycles. The van der Waals surface area contributed by atoms with Crippen LogP contribution in [0.2, 0.25) is 0 Å². The predicted molar refractivity (Wildman–Crippen MR) is 113 cm³/mol. The van der Waals surface area contributed by atoms with Crippen LogP contribution >= 0.6 is 0 Å². The van der Waals surface area contributed by atoms with E-state index in [-0.39, 0.29) is 5.91 Å². The molecule has 5 aromatic rings. The second-order valence-corrected chi connectivity index (χ2v) is 6.90. The molecule has 0 spiro atoms. The SMILES string of the molecule is O=C(NCCc1c[nH]c2ccccc12)c1ccc2nnc(-c3ccccc3)n2c1. The molecule has 29 heavy (non-hydrogen) atoms. The second kappa shape index (κ2) is 7.24. The normalized spacial score (nSPS) is 11.2. The van der Waals surface area contributed by atoms with E-state index < -0.39 is 0 Å². The summed E-state index contributed by atoms with van der Waals surface area (Å²) in [6, 6.07) is 21.6. The number of pyridine rings is 1. The van der Waals surface area contributed by atoms with Crippen LogP contribution in [-0.4, -0.2) is 32.0 Å². The summed E-state index contributed by atoms with van der Waals surface area (Å²) in [7, 11) is 0. The van der Waals surface area contributed by atoms with Crippen molar-refractivity contribution < 1.29 is 4.79 Å². The average molecular weight is 381 g/mol. The first-order valence-corrected chi connectivity index (χ1v) is 9.53. The molecule has 0 fully saturated rings. The van der Waals surface area contributed by atoms with Crippen LogP contribution in [0.4, 0.5) is 0 Å². The Labute approximate surface area is 167 Å². The van der Waals surface area contributed by atoms with Crippen molar-refractivity contribution in [3.63, 3.8) is 0 Å². The molecular weight excluding hydrogens is 362 g/mol. The van der Waals surface area contributed by atoms with Crippen molar-refractivity contribution in [1.82, 2.24) is 24.9 Å². The zero-order valence-corrected chi connectivity index (χ0v) is 15.7. The van der Waals surface area contributed by atoms with Gasteiger partial charge < -0.3 is 10.3 Å². The number of carbonyl (C=O) groups is 1. The van der Waals surface area contributed by atoms with Gasteiger partial charge in [-0.25, -0.2) is 0 Å². The van der Waals surface area contributed by atoms with Gasteiger partial charge in [-0.3, -0.25) is 9.20 Å². The van der Waals surface area contributed by atoms with Gasteiger partial charge in [-0.05, 0) is 30.2 Å². The molecule has 0 saturated heterocycles. The minimum atomic E-state index is -0.112. The van der Waals surface area contributed by atoms with Crippen molar-refractivity contribution in [3.8, 4) is 11.4 Å². The van der Waals surface area contributed by atoms with Crippen molar-refractivity contribution in [1.29, 1.82) is 0 Å². The van der Waals surface area contributed by atoms with Gasteiger partial charge in [0.2, 0.25) is 0 Å². The molecule has 0 aliphatic heterocycles. The Morgan fingerprint density at radius 3 is 2.69 bits per heavy atom. The van der Waals surface area contributed by atoms with E-state index in [9.17, 15) is 4.79 Å². The summed E-state index contributed by atoms with van der Waals surface area (Å²) in [5, 5.41) is 12.7. The lowest BCUT2D eigenvalue weighted by Crippen LogP contribution is -2.25. The Morgan fingerprint density at radius 1 is 0.966 bits per heavy atom. The maximum Gasteiger partial charge on any atom is 0.252 e. The van der Waals surface area contributed by atoms with Crippen molar-refractivity contribution in [2.45, 2.75) is 6.42 Å². The molecule has 0 atom stereocenters. The first kappa shape index (κ1) is 17.2. The quantitative estimate of drug-likeness (QED) is 0.486. The number of hydrogen-bond donors (Lipinski definition) is 2. The monoisotopic (exact) mass is 381 g/mol. The molecule has 1 amide bonds. The average Bonchev–Trinajstić information content (AvgIpc) is 3.38. The maximum absolute atomic E-state index is 12.7. The third-order valence-corrected chi connectivity index (χ3v) is 5.05. The van der Waals surface area contributed by atoms with Gasteiger partial charge in [0, 0.05) is 35.4 Å². The fraction of sp³-hybridized carbons (Fsp3) is 0.0870. The van der Waals surface area contributed by atoms with E-state index in [0.29, 0.717) is 23.6 Å². The number of nitrogens with zero attached hydrogens (tertiary/aromatic N) is 3. The van der Waals surface area contributed by atoms with Crippen LogP contribution in [0.25, 0.3) is 27.9 Å². The van der Waals surface area contributed by atoms with Gasteiger partial charge in [-0.1, -0.05) is 48.5 Å². The van der Waals surface area contributed by atoms with Crippen LogP contribution in [0.15, 0.2) is 79.1 Å². The van der Waals surface area contributed by atoms with Gasteiger partial charge in [0.25, 0.3) is 5.91 Å². The first-order valence-electron chi connectivity index (χ1n) is 9.53. The number of H-pyrrole nitrogens is 1. The van der Waals surface area contributed by atoms with Gasteiger partial charge in [-0.15, -0.1) is 10.2 Å². The summed E-state index contributed by atoms with van der Waals surface area (Å²) in [6.07, 6.45) is 4.56. The van der Waals surface area contributed by atoms with E-state index in [1.165, 1.54) is 10.9 Å². The fourth-order valence-electron chi connectivity index (χ4n) is 3.56. The second-order valence-electron chi connectivity index (χ2n) is 6.90. The number of aromatic nitrogens is 4. The van der Waals surface area contributed by atoms with Crippen molar-refractivity contribution in [2.24, 2.45) is 0 Å². The van der Waals surface area contributed by atoms with Gasteiger partial charge in [-0.2, -0.15) is 0 Å². The number of benzene rings is 2. The van der Waals surface area contributed by atoms with E-state index in [0.717, 1.165) is 17.5 Å². The molecule has 0 unspecified atom stereocenters. The van der Waals surface area contributed by atoms with Crippen LogP contribution in [0.1, 0.15) is 15.9 Å². The number of nitrogens with one attached hydrogen (secondary N) is 2. The summed E-state index contributed by atoms with van der Waals surface area (Å²) in [4.78, 5) is 15.9. The number of fused-ring (bicyclic) bond motifs is 2. The van der Waals surface area contributed by atoms with Gasteiger partial charge in [0.05, 0.1) is 5.56 Å². The fourth-order valence-corrected chi connectivity index (χ4v) is 3.56. The number of rotatable bonds is 5. The first-order chi connectivity index (χ1) is 14.3. The maximum atomic E-state index is 12.7. The molecule has 0 bridgehead atoms. The zero-order chi connectivity index (χ0) is 19.6. The number of amides is 1. The van der Waals surface area contributed by atoms with E-state index >= 15 is 0 Å². The molecule has 0 aliphatic carbocycles. The van der Waals surface area contributed by atoms with Gasteiger partial charge in [0.1, 0.15) is 0 Å². The Kier molecular flexibility index (Phi) is 4.29. The molecule has 5 rings (SSSR count). The van der Waals surface area contributed by atoms with E-state index in [4.69, 9.17) is 0 Å². The summed E-state index contributed by atoms with van der Waals surface area (Å²) in [6.45, 7) is 0.562. The molecule has 0 saturated carbocycles. The number of hydrogen-bond acceptors (Lipinski definition) is 3. The lowest BCUT2D eigenvalue weighted by Gasteiger charge is -2.06. The molecule has 0 radical (unpaired) electrons. The van der Waals surface area contributed by atoms with Crippen LogP contribution in [0, 0.1) is 0 Å². The highest BCUT2D eigenvalue weighted by Gasteiger charge is 2.12. The summed E-state index contributed by atoms with van der Waals surface area (Å²) in [5.74, 6) is 0.605. The molecule has 3 heterocycles. The Bertz CT molecular complexity index is 1300. The molecule has 6 nitrogen and oxygen atoms in total. The predicted octanol–water partition coefficient (Wildman–Crippen LogP) is 3.85. The van der Waals surface area contributed by atoms with Crippen LogP contribution in [0.5, 0.6) is 0 Å². The zero-order valence-electron chi connectivity index (χ0n) is 15.7.